The summed E-state index contributed by atoms with van der Waals surface area (Å²) in [6.45, 7) is 33.1. The maximum absolute atomic E-state index is 15.1. The number of alkyl carbamates (subject to hydrolysis) is 1. The third kappa shape index (κ3) is 11.5. The maximum atomic E-state index is 15.1. The topological polar surface area (TPSA) is 174 Å². The van der Waals surface area contributed by atoms with E-state index in [0.717, 1.165) is 12.8 Å². The van der Waals surface area contributed by atoms with Gasteiger partial charge in [-0.1, -0.05) is 101 Å². The number of fused-ring (bicyclic) bond motifs is 2. The molecule has 67 heavy (non-hydrogen) atoms. The zero-order valence-corrected chi connectivity index (χ0v) is 44.6. The molecule has 2 aromatic carbocycles. The summed E-state index contributed by atoms with van der Waals surface area (Å²) in [5, 5.41) is 7.80. The van der Waals surface area contributed by atoms with Crippen LogP contribution in [-0.2, 0) is 30.1 Å². The van der Waals surface area contributed by atoms with E-state index in [2.05, 4.69) is 97.9 Å². The number of rotatable bonds is 18. The molecule has 0 radical (unpaired) electrons. The largest absolute Gasteiger partial charge is 0.540 e. The highest BCUT2D eigenvalue weighted by molar-refractivity contribution is 6.78. The van der Waals surface area contributed by atoms with Crippen LogP contribution in [0.15, 0.2) is 49.1 Å². The molecule has 1 saturated carbocycles. The lowest BCUT2D eigenvalue weighted by Gasteiger charge is -2.44. The Kier molecular flexibility index (Phi) is 16.5. The highest BCUT2D eigenvalue weighted by Gasteiger charge is 2.60. The van der Waals surface area contributed by atoms with Crippen molar-refractivity contribution in [2.24, 2.45) is 11.3 Å². The summed E-state index contributed by atoms with van der Waals surface area (Å²) in [5.41, 5.74) is 2.49. The monoisotopic (exact) mass is 964 g/mol. The molecule has 1 spiro atoms. The van der Waals surface area contributed by atoms with Gasteiger partial charge in [0.15, 0.2) is 20.3 Å². The summed E-state index contributed by atoms with van der Waals surface area (Å²) >= 11 is 0. The first kappa shape index (κ1) is 53.1. The number of benzene rings is 2. The van der Waals surface area contributed by atoms with E-state index < -0.39 is 65.0 Å². The Bertz CT molecular complexity index is 2130. The zero-order chi connectivity index (χ0) is 50.0. The number of methoxy groups -OCH3 is 1. The quantitative estimate of drug-likeness (QED) is 0.0964. The molecular formula is C50H77N5O10Si2. The minimum absolute atomic E-state index is 0.00967. The van der Waals surface area contributed by atoms with Crippen LogP contribution in [0.2, 0.25) is 34.8 Å². The van der Waals surface area contributed by atoms with Crippen LogP contribution in [0, 0.1) is 11.3 Å². The fourth-order valence-corrected chi connectivity index (χ4v) is 15.9. The predicted molar refractivity (Wildman–Crippen MR) is 266 cm³/mol. The smallest absolute Gasteiger partial charge is 0.416 e. The van der Waals surface area contributed by atoms with E-state index in [-0.39, 0.29) is 52.1 Å². The number of ether oxygens (including phenoxy) is 3. The molecule has 17 heteroatoms. The molecule has 2 aliphatic heterocycles. The van der Waals surface area contributed by atoms with Gasteiger partial charge in [0.2, 0.25) is 11.8 Å². The first-order valence-electron chi connectivity index (χ1n) is 23.8. The average molecular weight is 964 g/mol. The number of hydrogen-bond acceptors (Lipinski definition) is 10. The Hall–Kier alpha value is -4.88. The molecule has 1 aliphatic carbocycles. The van der Waals surface area contributed by atoms with Crippen molar-refractivity contribution in [1.29, 1.82) is 0 Å². The second-order valence-electron chi connectivity index (χ2n) is 21.5. The number of amides is 5. The highest BCUT2D eigenvalue weighted by atomic mass is 28.4. The second-order valence-corrected chi connectivity index (χ2v) is 31.6. The van der Waals surface area contributed by atoms with E-state index in [4.69, 9.17) is 23.1 Å². The Morgan fingerprint density at radius 1 is 0.881 bits per heavy atom. The van der Waals surface area contributed by atoms with Crippen molar-refractivity contribution in [3.05, 3.63) is 60.2 Å². The molecule has 0 bridgehead atoms. The molecule has 3 N–H and O–H groups in total. The standard InChI is InChI=1S/C50H77N5O10Si2/c1-17-24-62-47(59)53-42(30(2)3)44(57)51-34(10)43(56)52-36-20-18-35(19-21-36)28-63-48(60)55-38-26-41(64-67(31(4)5,32(6)7)33(8)9)40(61-14)25-37(38)45(58)54-29-50(22-23-50)27-39(54)46(55)65-66(15,16)49(11,12)13/h17-21,25-26,30-34,39,42,46H,1,22-24,27-29H2,2-16H3,(H,51,57)(H,52,56)(H,53,59)/t34-,39-,42-,46?/m0/s1. The van der Waals surface area contributed by atoms with Crippen molar-refractivity contribution in [3.8, 4) is 11.5 Å². The summed E-state index contributed by atoms with van der Waals surface area (Å²) in [5.74, 6) is -0.565. The van der Waals surface area contributed by atoms with Gasteiger partial charge in [-0.15, -0.1) is 0 Å². The highest BCUT2D eigenvalue weighted by Crippen LogP contribution is 2.58. The Balaban J connectivity index is 1.45. The minimum Gasteiger partial charge on any atom is -0.540 e. The van der Waals surface area contributed by atoms with Crippen LogP contribution >= 0.6 is 0 Å². The number of nitrogens with zero attached hydrogens (tertiary/aromatic N) is 2. The van der Waals surface area contributed by atoms with E-state index in [1.54, 1.807) is 69.2 Å². The molecule has 4 atom stereocenters. The number of hydrogen-bond donors (Lipinski definition) is 3. The predicted octanol–water partition coefficient (Wildman–Crippen LogP) is 10.1. The lowest BCUT2D eigenvalue weighted by atomic mass is 10.0. The summed E-state index contributed by atoms with van der Waals surface area (Å²) < 4.78 is 31.8. The van der Waals surface area contributed by atoms with Gasteiger partial charge in [-0.05, 0) is 96.0 Å². The maximum Gasteiger partial charge on any atom is 0.416 e. The molecule has 2 aromatic rings. The Labute approximate surface area is 400 Å². The van der Waals surface area contributed by atoms with Crippen LogP contribution in [-0.4, -0.2) is 96.1 Å². The molecule has 370 valence electrons. The minimum atomic E-state index is -2.61. The molecule has 15 nitrogen and oxygen atoms in total. The van der Waals surface area contributed by atoms with Crippen LogP contribution in [0.5, 0.6) is 11.5 Å². The van der Waals surface area contributed by atoms with Gasteiger partial charge in [0.1, 0.15) is 31.0 Å². The van der Waals surface area contributed by atoms with E-state index in [1.807, 2.05) is 4.90 Å². The molecule has 5 rings (SSSR count). The summed E-state index contributed by atoms with van der Waals surface area (Å²) in [6.07, 6.45) is 1.86. The lowest BCUT2D eigenvalue weighted by Crippen LogP contribution is -2.58. The molecular weight excluding hydrogens is 887 g/mol. The Morgan fingerprint density at radius 3 is 2.01 bits per heavy atom. The third-order valence-electron chi connectivity index (χ3n) is 14.4. The summed E-state index contributed by atoms with van der Waals surface area (Å²) in [6, 6.07) is 8.09. The number of nitrogens with one attached hydrogen (secondary N) is 3. The van der Waals surface area contributed by atoms with E-state index in [0.29, 0.717) is 47.0 Å². The van der Waals surface area contributed by atoms with Crippen molar-refractivity contribution < 1.29 is 47.0 Å². The summed E-state index contributed by atoms with van der Waals surface area (Å²) in [4.78, 5) is 72.0. The van der Waals surface area contributed by atoms with Gasteiger partial charge in [-0.2, -0.15) is 0 Å². The van der Waals surface area contributed by atoms with Gasteiger partial charge >= 0.3 is 12.2 Å². The van der Waals surface area contributed by atoms with Gasteiger partial charge in [-0.25, -0.2) is 14.5 Å². The molecule has 1 unspecified atom stereocenters. The van der Waals surface area contributed by atoms with Crippen molar-refractivity contribution >= 4 is 57.9 Å². The van der Waals surface area contributed by atoms with Crippen molar-refractivity contribution in [3.63, 3.8) is 0 Å². The van der Waals surface area contributed by atoms with E-state index in [9.17, 15) is 19.2 Å². The van der Waals surface area contributed by atoms with Crippen molar-refractivity contribution in [2.45, 2.75) is 168 Å². The van der Waals surface area contributed by atoms with Crippen molar-refractivity contribution in [1.82, 2.24) is 15.5 Å². The summed E-state index contributed by atoms with van der Waals surface area (Å²) in [7, 11) is -3.59. The lowest BCUT2D eigenvalue weighted by molar-refractivity contribution is -0.128. The van der Waals surface area contributed by atoms with Crippen LogP contribution in [0.25, 0.3) is 0 Å². The molecule has 2 heterocycles. The van der Waals surface area contributed by atoms with Crippen LogP contribution < -0.4 is 30.0 Å². The van der Waals surface area contributed by atoms with Gasteiger partial charge < -0.3 is 43.9 Å². The first-order valence-corrected chi connectivity index (χ1v) is 28.9. The van der Waals surface area contributed by atoms with Gasteiger partial charge in [0, 0.05) is 18.3 Å². The molecule has 0 aromatic heterocycles. The molecule has 5 amide bonds. The van der Waals surface area contributed by atoms with Gasteiger partial charge in [0.25, 0.3) is 14.2 Å². The molecule has 3 aliphatic rings. The first-order chi connectivity index (χ1) is 31.2. The normalized spacial score (nSPS) is 18.8. The number of carbonyl (C=O) groups excluding carboxylic acids is 5. The zero-order valence-electron chi connectivity index (χ0n) is 42.6. The molecule has 1 saturated heterocycles. The average Bonchev–Trinajstić information content (AvgIpc) is 3.91. The SMILES string of the molecule is C=CCOC(=O)N[C@H](C(=O)N[C@@H](C)C(=O)Nc1ccc(COC(=O)N2c3cc(O[Si](C(C)C)(C(C)C)C(C)C)c(OC)cc3C(=O)N3CC4(CC4)C[C@H]3C2O[Si](C)(C)C(C)(C)C)cc1)C(C)C. The fourth-order valence-electron chi connectivity index (χ4n) is 9.45. The van der Waals surface area contributed by atoms with Crippen LogP contribution in [0.3, 0.4) is 0 Å². The van der Waals surface area contributed by atoms with Gasteiger partial charge in [0.05, 0.1) is 24.4 Å². The second kappa shape index (κ2) is 20.8. The molecule has 2 fully saturated rings. The number of carbonyl (C=O) groups is 5. The fraction of sp³-hybridized carbons (Fsp3) is 0.620. The van der Waals surface area contributed by atoms with E-state index in [1.165, 1.54) is 6.08 Å². The Morgan fingerprint density at radius 2 is 1.49 bits per heavy atom. The van der Waals surface area contributed by atoms with Crippen molar-refractivity contribution in [2.75, 3.05) is 30.5 Å². The van der Waals surface area contributed by atoms with Crippen LogP contribution in [0.1, 0.15) is 118 Å². The number of anilines is 2. The van der Waals surface area contributed by atoms with Crippen LogP contribution in [0.4, 0.5) is 21.0 Å². The third-order valence-corrected chi connectivity index (χ3v) is 24.9. The van der Waals surface area contributed by atoms with E-state index >= 15 is 4.79 Å². The van der Waals surface area contributed by atoms with Gasteiger partial charge in [-0.3, -0.25) is 14.4 Å².